The number of fused-ring (bicyclic) bond motifs is 1. The maximum Gasteiger partial charge on any atom is 0.264 e. The second-order valence-electron chi connectivity index (χ2n) is 5.81. The summed E-state index contributed by atoms with van der Waals surface area (Å²) in [5.41, 5.74) is 0.531. The third-order valence-corrected chi connectivity index (χ3v) is 4.15. The van der Waals surface area contributed by atoms with E-state index in [9.17, 15) is 4.39 Å². The van der Waals surface area contributed by atoms with Gasteiger partial charge in [-0.3, -0.25) is 0 Å². The second-order valence-corrected chi connectivity index (χ2v) is 6.16. The van der Waals surface area contributed by atoms with E-state index in [-0.39, 0.29) is 12.4 Å². The maximum absolute atomic E-state index is 13.6. The van der Waals surface area contributed by atoms with Crippen molar-refractivity contribution >= 4 is 28.2 Å². The molecule has 5 heteroatoms. The van der Waals surface area contributed by atoms with Crippen LogP contribution in [0.3, 0.4) is 0 Å². The highest BCUT2D eigenvalue weighted by molar-refractivity contribution is 7.80. The van der Waals surface area contributed by atoms with Crippen molar-refractivity contribution in [2.24, 2.45) is 0 Å². The molecule has 0 fully saturated rings. The van der Waals surface area contributed by atoms with Crippen LogP contribution in [0.5, 0.6) is 11.5 Å². The van der Waals surface area contributed by atoms with Gasteiger partial charge in [-0.15, -0.1) is 0 Å². The lowest BCUT2D eigenvalue weighted by molar-refractivity contribution is 0.300. The quantitative estimate of drug-likeness (QED) is 0.628. The zero-order chi connectivity index (χ0) is 17.8. The molecule has 0 amide bonds. The highest BCUT2D eigenvalue weighted by atomic mass is 32.1. The molecule has 0 atom stereocenters. The summed E-state index contributed by atoms with van der Waals surface area (Å²) in [5.74, 6) is 1.11. The van der Waals surface area contributed by atoms with Gasteiger partial charge in [0, 0.05) is 19.7 Å². The van der Waals surface area contributed by atoms with E-state index in [0.717, 1.165) is 10.8 Å². The Bertz CT molecular complexity index is 911. The van der Waals surface area contributed by atoms with Gasteiger partial charge in [0.2, 0.25) is 0 Å². The second kappa shape index (κ2) is 7.49. The topological polar surface area (TPSA) is 21.7 Å². The lowest BCUT2D eigenvalue weighted by Crippen LogP contribution is -2.24. The van der Waals surface area contributed by atoms with E-state index >= 15 is 0 Å². The molecule has 0 unspecified atom stereocenters. The van der Waals surface area contributed by atoms with Crippen molar-refractivity contribution in [1.29, 1.82) is 0 Å². The Labute approximate surface area is 151 Å². The van der Waals surface area contributed by atoms with Gasteiger partial charge in [-0.1, -0.05) is 30.3 Å². The van der Waals surface area contributed by atoms with Gasteiger partial charge in [0.15, 0.2) is 0 Å². The number of rotatable bonds is 4. The van der Waals surface area contributed by atoms with Gasteiger partial charge < -0.3 is 14.4 Å². The molecule has 0 aliphatic carbocycles. The van der Waals surface area contributed by atoms with Gasteiger partial charge >= 0.3 is 0 Å². The Hall–Kier alpha value is -2.66. The van der Waals surface area contributed by atoms with Crippen LogP contribution in [0, 0.1) is 5.82 Å². The number of hydrogen-bond acceptors (Lipinski definition) is 3. The van der Waals surface area contributed by atoms with Crippen molar-refractivity contribution in [2.75, 3.05) is 14.1 Å². The summed E-state index contributed by atoms with van der Waals surface area (Å²) in [6.07, 6.45) is 0. The highest BCUT2D eigenvalue weighted by Crippen LogP contribution is 2.26. The molecule has 0 saturated carbocycles. The number of hydrogen-bond donors (Lipinski definition) is 0. The Kier molecular flexibility index (Phi) is 5.14. The van der Waals surface area contributed by atoms with Gasteiger partial charge in [-0.2, -0.15) is 0 Å². The summed E-state index contributed by atoms with van der Waals surface area (Å²) in [6.45, 7) is 0.191. The third kappa shape index (κ3) is 4.25. The first-order valence-electron chi connectivity index (χ1n) is 7.82. The minimum Gasteiger partial charge on any atom is -0.489 e. The Morgan fingerprint density at radius 1 is 0.960 bits per heavy atom. The molecular formula is C20H18FNO2S. The summed E-state index contributed by atoms with van der Waals surface area (Å²) in [4.78, 5) is 1.74. The Morgan fingerprint density at radius 2 is 1.60 bits per heavy atom. The zero-order valence-corrected chi connectivity index (χ0v) is 14.8. The van der Waals surface area contributed by atoms with E-state index in [2.05, 4.69) is 0 Å². The van der Waals surface area contributed by atoms with E-state index in [4.69, 9.17) is 21.7 Å². The lowest BCUT2D eigenvalue weighted by atomic mass is 10.1. The van der Waals surface area contributed by atoms with Gasteiger partial charge in [-0.25, -0.2) is 4.39 Å². The molecule has 128 valence electrons. The molecule has 3 aromatic rings. The first-order valence-corrected chi connectivity index (χ1v) is 8.23. The third-order valence-electron chi connectivity index (χ3n) is 3.71. The number of thiocarbonyl (C=S) groups is 1. The van der Waals surface area contributed by atoms with E-state index < -0.39 is 0 Å². The molecule has 0 spiro atoms. The Morgan fingerprint density at radius 3 is 2.28 bits per heavy atom. The van der Waals surface area contributed by atoms with Crippen LogP contribution in [-0.4, -0.2) is 24.2 Å². The molecule has 0 aliphatic rings. The molecule has 25 heavy (non-hydrogen) atoms. The Balaban J connectivity index is 1.74. The standard InChI is InChI=1S/C20H18FNO2S/c1-22(2)20(25)24-18-10-8-14-11-17(9-7-15(14)12-18)23-13-16-5-3-4-6-19(16)21/h3-12H,13H2,1-2H3. The van der Waals surface area contributed by atoms with Crippen LogP contribution in [0.1, 0.15) is 5.56 Å². The predicted octanol–water partition coefficient (Wildman–Crippen LogP) is 4.78. The van der Waals surface area contributed by atoms with Crippen molar-refractivity contribution in [3.05, 3.63) is 72.0 Å². The van der Waals surface area contributed by atoms with Gasteiger partial charge in [-0.05, 0) is 53.3 Å². The average Bonchev–Trinajstić information content (AvgIpc) is 2.61. The molecule has 0 aromatic heterocycles. The van der Waals surface area contributed by atoms with Crippen molar-refractivity contribution in [3.63, 3.8) is 0 Å². The van der Waals surface area contributed by atoms with Crippen molar-refractivity contribution in [2.45, 2.75) is 6.61 Å². The molecule has 0 radical (unpaired) electrons. The molecule has 0 saturated heterocycles. The van der Waals surface area contributed by atoms with Gasteiger partial charge in [0.1, 0.15) is 23.9 Å². The number of ether oxygens (including phenoxy) is 2. The first kappa shape index (κ1) is 17.2. The molecule has 3 nitrogen and oxygen atoms in total. The number of halogens is 1. The number of nitrogens with zero attached hydrogens (tertiary/aromatic N) is 1. The first-order chi connectivity index (χ1) is 12.0. The number of benzene rings is 3. The van der Waals surface area contributed by atoms with Crippen LogP contribution in [-0.2, 0) is 6.61 Å². The predicted molar refractivity (Wildman–Crippen MR) is 102 cm³/mol. The molecule has 0 aliphatic heterocycles. The fourth-order valence-electron chi connectivity index (χ4n) is 2.32. The van der Waals surface area contributed by atoms with Crippen LogP contribution in [0.4, 0.5) is 4.39 Å². The van der Waals surface area contributed by atoms with Crippen molar-refractivity contribution < 1.29 is 13.9 Å². The molecule has 0 bridgehead atoms. The van der Waals surface area contributed by atoms with E-state index in [1.54, 1.807) is 23.1 Å². The molecule has 3 aromatic carbocycles. The van der Waals surface area contributed by atoms with Crippen LogP contribution in [0.15, 0.2) is 60.7 Å². The summed E-state index contributed by atoms with van der Waals surface area (Å²) < 4.78 is 25.0. The van der Waals surface area contributed by atoms with E-state index in [1.165, 1.54) is 6.07 Å². The van der Waals surface area contributed by atoms with Gasteiger partial charge in [0.25, 0.3) is 5.17 Å². The minimum absolute atomic E-state index is 0.191. The summed E-state index contributed by atoms with van der Waals surface area (Å²) in [6, 6.07) is 18.0. The van der Waals surface area contributed by atoms with Gasteiger partial charge in [0.05, 0.1) is 0 Å². The summed E-state index contributed by atoms with van der Waals surface area (Å²) in [5, 5.41) is 2.43. The monoisotopic (exact) mass is 355 g/mol. The fourth-order valence-corrected chi connectivity index (χ4v) is 2.42. The van der Waals surface area contributed by atoms with Crippen molar-refractivity contribution in [1.82, 2.24) is 4.90 Å². The molecular weight excluding hydrogens is 337 g/mol. The summed E-state index contributed by atoms with van der Waals surface area (Å²) in [7, 11) is 3.67. The van der Waals surface area contributed by atoms with Crippen LogP contribution >= 0.6 is 12.2 Å². The SMILES string of the molecule is CN(C)C(=S)Oc1ccc2cc(OCc3ccccc3F)ccc2c1. The normalized spacial score (nSPS) is 10.5. The lowest BCUT2D eigenvalue weighted by Gasteiger charge is -2.14. The molecule has 0 N–H and O–H groups in total. The van der Waals surface area contributed by atoms with Crippen molar-refractivity contribution in [3.8, 4) is 11.5 Å². The van der Waals surface area contributed by atoms with E-state index in [1.807, 2.05) is 50.5 Å². The van der Waals surface area contributed by atoms with Crippen LogP contribution < -0.4 is 9.47 Å². The maximum atomic E-state index is 13.6. The van der Waals surface area contributed by atoms with Crippen LogP contribution in [0.2, 0.25) is 0 Å². The van der Waals surface area contributed by atoms with E-state index in [0.29, 0.717) is 22.2 Å². The smallest absolute Gasteiger partial charge is 0.264 e. The average molecular weight is 355 g/mol. The summed E-state index contributed by atoms with van der Waals surface area (Å²) >= 11 is 5.15. The fraction of sp³-hybridized carbons (Fsp3) is 0.150. The largest absolute Gasteiger partial charge is 0.489 e. The molecule has 3 rings (SSSR count). The molecule has 0 heterocycles. The van der Waals surface area contributed by atoms with Crippen LogP contribution in [0.25, 0.3) is 10.8 Å². The highest BCUT2D eigenvalue weighted by Gasteiger charge is 2.06. The zero-order valence-electron chi connectivity index (χ0n) is 14.0. The minimum atomic E-state index is -0.262.